The van der Waals surface area contributed by atoms with Crippen molar-refractivity contribution in [1.82, 2.24) is 14.5 Å². The highest BCUT2D eigenvalue weighted by molar-refractivity contribution is 8.03. The van der Waals surface area contributed by atoms with Gasteiger partial charge in [0.2, 0.25) is 5.95 Å². The summed E-state index contributed by atoms with van der Waals surface area (Å²) < 4.78 is 4.63. The van der Waals surface area contributed by atoms with Crippen LogP contribution in [0.1, 0.15) is 23.6 Å². The molecule has 0 N–H and O–H groups in total. The van der Waals surface area contributed by atoms with Crippen molar-refractivity contribution in [3.8, 4) is 28.3 Å². The molecule has 0 amide bonds. The highest BCUT2D eigenvalue weighted by atomic mass is 32.2. The summed E-state index contributed by atoms with van der Waals surface area (Å²) in [5, 5.41) is 5.89. The quantitative estimate of drug-likeness (QED) is 0.167. The van der Waals surface area contributed by atoms with Gasteiger partial charge in [0.25, 0.3) is 0 Å². The van der Waals surface area contributed by atoms with Gasteiger partial charge in [0, 0.05) is 31.3 Å². The third kappa shape index (κ3) is 4.44. The number of nitrogens with zero attached hydrogens (tertiary/aromatic N) is 3. The number of allylic oxidation sites excluding steroid dienone is 5. The molecule has 0 radical (unpaired) electrons. The summed E-state index contributed by atoms with van der Waals surface area (Å²) in [6.07, 6.45) is 6.26. The first-order valence-corrected chi connectivity index (χ1v) is 20.9. The van der Waals surface area contributed by atoms with E-state index in [1.807, 2.05) is 17.8 Å². The lowest BCUT2D eigenvalue weighted by Gasteiger charge is -2.40. The summed E-state index contributed by atoms with van der Waals surface area (Å²) in [6, 6.07) is 55.4. The van der Waals surface area contributed by atoms with Gasteiger partial charge in [-0.05, 0) is 80.3 Å². The van der Waals surface area contributed by atoms with Crippen molar-refractivity contribution in [1.29, 1.82) is 0 Å². The summed E-state index contributed by atoms with van der Waals surface area (Å²) in [7, 11) is 0. The summed E-state index contributed by atoms with van der Waals surface area (Å²) in [5.74, 6) is 0.670. The molecule has 0 bridgehead atoms. The highest BCUT2D eigenvalue weighted by Crippen LogP contribution is 2.62. The third-order valence-corrected chi connectivity index (χ3v) is 14.3. The van der Waals surface area contributed by atoms with E-state index in [1.54, 1.807) is 11.3 Å². The number of rotatable bonds is 4. The van der Waals surface area contributed by atoms with Crippen molar-refractivity contribution in [2.75, 3.05) is 0 Å². The van der Waals surface area contributed by atoms with Gasteiger partial charge in [-0.1, -0.05) is 164 Å². The zero-order valence-electron chi connectivity index (χ0n) is 31.0. The van der Waals surface area contributed by atoms with Crippen LogP contribution in [-0.2, 0) is 5.41 Å². The Labute approximate surface area is 338 Å². The van der Waals surface area contributed by atoms with Crippen molar-refractivity contribution in [3.05, 3.63) is 204 Å². The molecule has 12 rings (SSSR count). The van der Waals surface area contributed by atoms with E-state index in [-0.39, 0.29) is 0 Å². The molecular weight excluding hydrogens is 731 g/mol. The van der Waals surface area contributed by atoms with Crippen LogP contribution < -0.4 is 0 Å². The van der Waals surface area contributed by atoms with E-state index in [1.165, 1.54) is 69.4 Å². The minimum atomic E-state index is -0.532. The molecular formula is C52H33N3S2. The monoisotopic (exact) mass is 763 g/mol. The average Bonchev–Trinajstić information content (AvgIpc) is 3.89. The van der Waals surface area contributed by atoms with E-state index in [0.29, 0.717) is 5.95 Å². The van der Waals surface area contributed by atoms with E-state index in [4.69, 9.17) is 9.97 Å². The molecule has 3 aromatic heterocycles. The molecule has 0 fully saturated rings. The van der Waals surface area contributed by atoms with Gasteiger partial charge in [-0.15, -0.1) is 11.3 Å². The van der Waals surface area contributed by atoms with Crippen LogP contribution in [0.3, 0.4) is 0 Å². The molecule has 1 aliphatic heterocycles. The van der Waals surface area contributed by atoms with Crippen LogP contribution in [-0.4, -0.2) is 14.5 Å². The molecule has 3 nitrogen and oxygen atoms in total. The third-order valence-electron chi connectivity index (χ3n) is 12.0. The molecule has 2 aliphatic rings. The number of hydrogen-bond acceptors (Lipinski definition) is 4. The predicted molar refractivity (Wildman–Crippen MR) is 242 cm³/mol. The maximum atomic E-state index is 5.63. The molecule has 0 saturated heterocycles. The zero-order chi connectivity index (χ0) is 37.8. The van der Waals surface area contributed by atoms with Crippen LogP contribution >= 0.6 is 23.1 Å². The molecule has 7 aromatic carbocycles. The average molecular weight is 764 g/mol. The van der Waals surface area contributed by atoms with Crippen LogP contribution in [0.2, 0.25) is 0 Å². The van der Waals surface area contributed by atoms with Crippen LogP contribution in [0.25, 0.3) is 81.2 Å². The first-order chi connectivity index (χ1) is 28.1. The lowest BCUT2D eigenvalue weighted by molar-refractivity contribution is 0.740. The zero-order valence-corrected chi connectivity index (χ0v) is 32.7. The molecule has 57 heavy (non-hydrogen) atoms. The van der Waals surface area contributed by atoms with E-state index >= 15 is 0 Å². The van der Waals surface area contributed by atoms with Crippen molar-refractivity contribution in [2.45, 2.75) is 17.2 Å². The lowest BCUT2D eigenvalue weighted by Crippen LogP contribution is -2.32. The van der Waals surface area contributed by atoms with Gasteiger partial charge in [-0.25, -0.2) is 9.97 Å². The molecule has 5 heteroatoms. The molecule has 4 heterocycles. The van der Waals surface area contributed by atoms with Crippen molar-refractivity contribution in [2.24, 2.45) is 0 Å². The second-order valence-corrected chi connectivity index (χ2v) is 17.2. The molecule has 10 aromatic rings. The van der Waals surface area contributed by atoms with Crippen molar-refractivity contribution >= 4 is 76.0 Å². The highest BCUT2D eigenvalue weighted by Gasteiger charge is 2.50. The standard InChI is InChI=1S/C52H33N3S2/c1-3-4-24-40-31(2)56-47-29-39-36-21-9-13-27-44(36)55(45(39)30-43(47)52(40)41-25-11-7-19-34(41)35-20-8-12-26-42(35)52)51-53-48(37-23-15-17-32-16-5-6-18-33(32)37)50-49(54-51)38-22-10-14-28-46(38)57-50/h3-30H,1H2,2H3/b24-4-. The molecule has 1 spiro atoms. The first-order valence-electron chi connectivity index (χ1n) is 19.3. The largest absolute Gasteiger partial charge is 0.278 e. The van der Waals surface area contributed by atoms with Gasteiger partial charge >= 0.3 is 0 Å². The molecule has 268 valence electrons. The Bertz CT molecular complexity index is 3380. The number of aromatic nitrogens is 3. The van der Waals surface area contributed by atoms with Gasteiger partial charge in [-0.3, -0.25) is 4.57 Å². The molecule has 1 aliphatic carbocycles. The van der Waals surface area contributed by atoms with E-state index in [0.717, 1.165) is 37.9 Å². The number of hydrogen-bond donors (Lipinski definition) is 0. The van der Waals surface area contributed by atoms with Gasteiger partial charge in [0.1, 0.15) is 0 Å². The Morgan fingerprint density at radius 1 is 0.614 bits per heavy atom. The number of fused-ring (bicyclic) bond motifs is 14. The van der Waals surface area contributed by atoms with Crippen molar-refractivity contribution in [3.63, 3.8) is 0 Å². The maximum Gasteiger partial charge on any atom is 0.235 e. The maximum absolute atomic E-state index is 5.63. The fraction of sp³-hybridized carbons (Fsp3) is 0.0385. The molecule has 0 atom stereocenters. The topological polar surface area (TPSA) is 30.7 Å². The summed E-state index contributed by atoms with van der Waals surface area (Å²) in [4.78, 5) is 13.7. The molecule has 0 unspecified atom stereocenters. The van der Waals surface area contributed by atoms with Gasteiger partial charge < -0.3 is 0 Å². The Hall–Kier alpha value is -6.53. The van der Waals surface area contributed by atoms with E-state index < -0.39 is 5.41 Å². The van der Waals surface area contributed by atoms with Gasteiger partial charge in [0.15, 0.2) is 0 Å². The smallest absolute Gasteiger partial charge is 0.235 e. The van der Waals surface area contributed by atoms with Gasteiger partial charge in [-0.2, -0.15) is 0 Å². The normalized spacial score (nSPS) is 14.4. The number of thioether (sulfide) groups is 1. The van der Waals surface area contributed by atoms with Gasteiger partial charge in [0.05, 0.1) is 32.4 Å². The van der Waals surface area contributed by atoms with Crippen LogP contribution in [0.4, 0.5) is 0 Å². The van der Waals surface area contributed by atoms with Crippen LogP contribution in [0, 0.1) is 0 Å². The van der Waals surface area contributed by atoms with E-state index in [9.17, 15) is 0 Å². The number of thiophene rings is 1. The van der Waals surface area contributed by atoms with Crippen molar-refractivity contribution < 1.29 is 0 Å². The van der Waals surface area contributed by atoms with E-state index in [2.05, 4.69) is 182 Å². The Morgan fingerprint density at radius 2 is 1.28 bits per heavy atom. The minimum absolute atomic E-state index is 0.532. The SMILES string of the molecule is C=C/C=C\C1=C(C)Sc2cc3c4ccccc4n(-c4nc(-c5cccc6ccccc56)c5sc6ccccc6c5n4)c3cc2C12c1ccccc1-c1ccccc12. The Morgan fingerprint density at radius 3 is 2.09 bits per heavy atom. The summed E-state index contributed by atoms with van der Waals surface area (Å²) in [5.41, 5.74) is 12.4. The van der Waals surface area contributed by atoms with Crippen LogP contribution in [0.15, 0.2) is 192 Å². The predicted octanol–water partition coefficient (Wildman–Crippen LogP) is 14.2. The first kappa shape index (κ1) is 32.7. The number of benzene rings is 7. The fourth-order valence-corrected chi connectivity index (χ4v) is 12.0. The summed E-state index contributed by atoms with van der Waals surface area (Å²) in [6.45, 7) is 6.35. The summed E-state index contributed by atoms with van der Waals surface area (Å²) >= 11 is 3.64. The Kier molecular flexibility index (Phi) is 7.02. The lowest BCUT2D eigenvalue weighted by atomic mass is 9.66. The minimum Gasteiger partial charge on any atom is -0.278 e. The Balaban J connectivity index is 1.23. The molecule has 0 saturated carbocycles. The fourth-order valence-electron chi connectivity index (χ4n) is 9.73. The second kappa shape index (κ2) is 12.2. The number of para-hydroxylation sites is 1. The van der Waals surface area contributed by atoms with Crippen LogP contribution in [0.5, 0.6) is 0 Å². The second-order valence-electron chi connectivity index (χ2n) is 14.9.